The van der Waals surface area contributed by atoms with Gasteiger partial charge in [-0.2, -0.15) is 0 Å². The van der Waals surface area contributed by atoms with Crippen LogP contribution in [0.25, 0.3) is 0 Å². The van der Waals surface area contributed by atoms with Crippen LogP contribution in [-0.4, -0.2) is 4.43 Å². The molecule has 0 unspecified atom stereocenters. The molecule has 0 aromatic carbocycles. The highest BCUT2D eigenvalue weighted by atomic mass is 127. The molecule has 0 nitrogen and oxygen atoms in total. The lowest BCUT2D eigenvalue weighted by Gasteiger charge is -2.35. The molecular weight excluding hydrogens is 631 g/mol. The molecule has 0 rings (SSSR count). The fourth-order valence-electron chi connectivity index (χ4n) is 7.48. The summed E-state index contributed by atoms with van der Waals surface area (Å²) in [7, 11) is 0. The van der Waals surface area contributed by atoms with Gasteiger partial charge in [0, 0.05) is 0 Å². The Bertz CT molecular complexity index is 444. The van der Waals surface area contributed by atoms with Crippen molar-refractivity contribution >= 4 is 22.6 Å². The van der Waals surface area contributed by atoms with E-state index in [2.05, 4.69) is 43.4 Å². The van der Waals surface area contributed by atoms with E-state index in [-0.39, 0.29) is 0 Å². The smallest absolute Gasteiger partial charge is 0.000473 e. The summed E-state index contributed by atoms with van der Waals surface area (Å²) in [5.41, 5.74) is 0.677. The van der Waals surface area contributed by atoms with Gasteiger partial charge in [-0.1, -0.05) is 249 Å². The van der Waals surface area contributed by atoms with Crippen LogP contribution in [0.1, 0.15) is 258 Å². The molecule has 0 aromatic heterocycles. The molecule has 260 valence electrons. The van der Waals surface area contributed by atoms with Gasteiger partial charge in [-0.15, -0.1) is 0 Å². The predicted octanol–water partition coefficient (Wildman–Crippen LogP) is 16.9. The zero-order chi connectivity index (χ0) is 31.4. The third-order valence-corrected chi connectivity index (χ3v) is 11.3. The van der Waals surface area contributed by atoms with Crippen LogP contribution in [0.2, 0.25) is 0 Å². The number of unbranched alkanes of at least 4 members (excludes halogenated alkanes) is 29. The molecule has 0 bridgehead atoms. The van der Waals surface area contributed by atoms with E-state index in [1.54, 1.807) is 25.7 Å². The summed E-state index contributed by atoms with van der Waals surface area (Å²) in [6.07, 6.45) is 54.8. The first kappa shape index (κ1) is 43.7. The zero-order valence-corrected chi connectivity index (χ0v) is 32.9. The SMILES string of the molecule is CCCCCCCCC(CCCCCCCC)(CCCCCCCC)CCCCCCCCCCCCCCCCCI. The summed E-state index contributed by atoms with van der Waals surface area (Å²) in [5, 5.41) is 0. The molecule has 0 radical (unpaired) electrons. The Kier molecular flexibility index (Phi) is 37.8. The molecule has 0 aliphatic heterocycles. The second kappa shape index (κ2) is 37.2. The average Bonchev–Trinajstić information content (AvgIpc) is 3.02. The zero-order valence-electron chi connectivity index (χ0n) is 30.7. The van der Waals surface area contributed by atoms with Gasteiger partial charge in [-0.3, -0.25) is 0 Å². The van der Waals surface area contributed by atoms with Crippen molar-refractivity contribution in [2.24, 2.45) is 5.41 Å². The summed E-state index contributed by atoms with van der Waals surface area (Å²) in [4.78, 5) is 0. The third kappa shape index (κ3) is 32.5. The van der Waals surface area contributed by atoms with E-state index in [1.807, 2.05) is 0 Å². The van der Waals surface area contributed by atoms with Crippen LogP contribution in [0.15, 0.2) is 0 Å². The van der Waals surface area contributed by atoms with Gasteiger partial charge < -0.3 is 0 Å². The molecular formula is C42H85I. The Morgan fingerprint density at radius 3 is 0.651 bits per heavy atom. The first-order valence-corrected chi connectivity index (χ1v) is 22.3. The maximum atomic E-state index is 2.51. The van der Waals surface area contributed by atoms with Crippen LogP contribution in [-0.2, 0) is 0 Å². The van der Waals surface area contributed by atoms with Crippen LogP contribution >= 0.6 is 22.6 Å². The van der Waals surface area contributed by atoms with E-state index < -0.39 is 0 Å². The van der Waals surface area contributed by atoms with Crippen LogP contribution in [0.3, 0.4) is 0 Å². The van der Waals surface area contributed by atoms with Crippen molar-refractivity contribution in [2.75, 3.05) is 4.43 Å². The van der Waals surface area contributed by atoms with Gasteiger partial charge in [0.05, 0.1) is 0 Å². The minimum atomic E-state index is 0.677. The number of rotatable bonds is 38. The summed E-state index contributed by atoms with van der Waals surface area (Å²) >= 11 is 2.51. The average molecular weight is 717 g/mol. The van der Waals surface area contributed by atoms with Crippen LogP contribution < -0.4 is 0 Å². The molecule has 0 fully saturated rings. The topological polar surface area (TPSA) is 0 Å². The maximum absolute atomic E-state index is 2.51. The van der Waals surface area contributed by atoms with Gasteiger partial charge in [-0.05, 0) is 41.9 Å². The van der Waals surface area contributed by atoms with Crippen LogP contribution in [0.4, 0.5) is 0 Å². The molecule has 0 amide bonds. The van der Waals surface area contributed by atoms with Crippen molar-refractivity contribution in [2.45, 2.75) is 258 Å². The Hall–Kier alpha value is 0.730. The second-order valence-electron chi connectivity index (χ2n) is 14.8. The minimum Gasteiger partial charge on any atom is -0.0864 e. The summed E-state index contributed by atoms with van der Waals surface area (Å²) < 4.78 is 1.34. The van der Waals surface area contributed by atoms with E-state index >= 15 is 0 Å². The van der Waals surface area contributed by atoms with E-state index in [0.717, 1.165) is 0 Å². The van der Waals surface area contributed by atoms with Crippen molar-refractivity contribution in [3.63, 3.8) is 0 Å². The van der Waals surface area contributed by atoms with Crippen molar-refractivity contribution in [3.05, 3.63) is 0 Å². The molecule has 0 aromatic rings. The lowest BCUT2D eigenvalue weighted by Crippen LogP contribution is -2.21. The van der Waals surface area contributed by atoms with Crippen molar-refractivity contribution in [1.29, 1.82) is 0 Å². The Morgan fingerprint density at radius 2 is 0.442 bits per heavy atom. The maximum Gasteiger partial charge on any atom is -0.000473 e. The normalized spacial score (nSPS) is 12.0. The quantitative estimate of drug-likeness (QED) is 0.0339. The van der Waals surface area contributed by atoms with Crippen LogP contribution in [0, 0.1) is 5.41 Å². The largest absolute Gasteiger partial charge is 0.0864 e. The molecule has 0 heterocycles. The summed E-state index contributed by atoms with van der Waals surface area (Å²) in [6.45, 7) is 7.05. The van der Waals surface area contributed by atoms with Gasteiger partial charge in [0.25, 0.3) is 0 Å². The molecule has 0 saturated heterocycles. The number of hydrogen-bond donors (Lipinski definition) is 0. The Balaban J connectivity index is 4.45. The molecule has 0 N–H and O–H groups in total. The monoisotopic (exact) mass is 717 g/mol. The molecule has 1 heteroatoms. The number of alkyl halides is 1. The lowest BCUT2D eigenvalue weighted by molar-refractivity contribution is 0.171. The molecule has 0 aliphatic carbocycles. The van der Waals surface area contributed by atoms with Gasteiger partial charge in [-0.25, -0.2) is 0 Å². The van der Waals surface area contributed by atoms with Crippen molar-refractivity contribution in [1.82, 2.24) is 0 Å². The van der Waals surface area contributed by atoms with E-state index in [0.29, 0.717) is 5.41 Å². The second-order valence-corrected chi connectivity index (χ2v) is 15.9. The molecule has 0 saturated carbocycles. The standard InChI is InChI=1S/C42H85I/c1-4-7-10-13-27-32-37-42(38-33-28-14-11-8-5-2,39-34-29-15-12-9-6-3)40-35-30-25-23-21-19-17-16-18-20-22-24-26-31-36-41-43/h4-41H2,1-3H3. The summed E-state index contributed by atoms with van der Waals surface area (Å²) in [6, 6.07) is 0. The fourth-order valence-corrected chi connectivity index (χ4v) is 8.02. The van der Waals surface area contributed by atoms with E-state index in [1.165, 1.54) is 216 Å². The van der Waals surface area contributed by atoms with E-state index in [9.17, 15) is 0 Å². The highest BCUT2D eigenvalue weighted by Gasteiger charge is 2.28. The molecule has 0 spiro atoms. The Labute approximate surface area is 289 Å². The van der Waals surface area contributed by atoms with Gasteiger partial charge in [0.1, 0.15) is 0 Å². The first-order chi connectivity index (χ1) is 21.2. The molecule has 0 aliphatic rings. The third-order valence-electron chi connectivity index (χ3n) is 10.5. The van der Waals surface area contributed by atoms with Gasteiger partial charge >= 0.3 is 0 Å². The highest BCUT2D eigenvalue weighted by molar-refractivity contribution is 14.1. The molecule has 0 atom stereocenters. The van der Waals surface area contributed by atoms with Crippen molar-refractivity contribution in [3.8, 4) is 0 Å². The molecule has 43 heavy (non-hydrogen) atoms. The highest BCUT2D eigenvalue weighted by Crippen LogP contribution is 2.42. The number of halogens is 1. The van der Waals surface area contributed by atoms with Crippen LogP contribution in [0.5, 0.6) is 0 Å². The Morgan fingerprint density at radius 1 is 0.256 bits per heavy atom. The van der Waals surface area contributed by atoms with Gasteiger partial charge in [0.15, 0.2) is 0 Å². The van der Waals surface area contributed by atoms with Crippen molar-refractivity contribution < 1.29 is 0 Å². The minimum absolute atomic E-state index is 0.677. The summed E-state index contributed by atoms with van der Waals surface area (Å²) in [5.74, 6) is 0. The van der Waals surface area contributed by atoms with Gasteiger partial charge in [0.2, 0.25) is 0 Å². The fraction of sp³-hybridized carbons (Fsp3) is 1.00. The van der Waals surface area contributed by atoms with E-state index in [4.69, 9.17) is 0 Å². The number of hydrogen-bond acceptors (Lipinski definition) is 0. The predicted molar refractivity (Wildman–Crippen MR) is 209 cm³/mol. The first-order valence-electron chi connectivity index (χ1n) is 20.8. The lowest BCUT2D eigenvalue weighted by atomic mass is 9.70.